The summed E-state index contributed by atoms with van der Waals surface area (Å²) in [6, 6.07) is 6.26. The molecule has 0 amide bonds. The Hall–Kier alpha value is -0.690. The van der Waals surface area contributed by atoms with Crippen LogP contribution in [0.25, 0.3) is 5.57 Å². The lowest BCUT2D eigenvalue weighted by Gasteiger charge is -2.12. The monoisotopic (exact) mass is 206 g/mol. The Kier molecular flexibility index (Phi) is 4.27. The van der Waals surface area contributed by atoms with E-state index in [9.17, 15) is 0 Å². The normalized spacial score (nSPS) is 11.9. The van der Waals surface area contributed by atoms with Gasteiger partial charge in [-0.1, -0.05) is 31.6 Å². The zero-order valence-corrected chi connectivity index (χ0v) is 10.1. The van der Waals surface area contributed by atoms with Crippen molar-refractivity contribution in [1.82, 2.24) is 0 Å². The maximum atomic E-state index is 4.51. The van der Waals surface area contributed by atoms with Crippen LogP contribution >= 0.6 is 12.6 Å². The summed E-state index contributed by atoms with van der Waals surface area (Å²) in [6.07, 6.45) is 4.52. The van der Waals surface area contributed by atoms with Crippen LogP contribution in [0.5, 0.6) is 0 Å². The minimum atomic E-state index is 1.09. The topological polar surface area (TPSA) is 0 Å². The molecule has 14 heavy (non-hydrogen) atoms. The van der Waals surface area contributed by atoms with Crippen molar-refractivity contribution in [1.29, 1.82) is 0 Å². The highest BCUT2D eigenvalue weighted by atomic mass is 32.1. The lowest BCUT2D eigenvalue weighted by Crippen LogP contribution is -1.90. The fraction of sp³-hybridized carbons (Fsp3) is 0.385. The zero-order valence-electron chi connectivity index (χ0n) is 9.17. The van der Waals surface area contributed by atoms with Gasteiger partial charge in [0, 0.05) is 4.90 Å². The van der Waals surface area contributed by atoms with E-state index in [1.807, 2.05) is 0 Å². The predicted molar refractivity (Wildman–Crippen MR) is 67.0 cm³/mol. The minimum Gasteiger partial charge on any atom is -0.143 e. The molecule has 0 aromatic heterocycles. The van der Waals surface area contributed by atoms with Gasteiger partial charge in [-0.2, -0.15) is 0 Å². The Morgan fingerprint density at radius 3 is 2.64 bits per heavy atom. The standard InChI is InChI=1S/C13H18S/c1-4-7-11(5-2)13-10(3)8-6-9-12(13)14/h5-6,8-9,14H,4,7H2,1-3H3/b11-5-. The third-order valence-corrected chi connectivity index (χ3v) is 2.81. The van der Waals surface area contributed by atoms with Gasteiger partial charge in [0.2, 0.25) is 0 Å². The van der Waals surface area contributed by atoms with Crippen LogP contribution in [0, 0.1) is 6.92 Å². The first kappa shape index (κ1) is 11.4. The minimum absolute atomic E-state index is 1.09. The fourth-order valence-electron chi connectivity index (χ4n) is 1.75. The van der Waals surface area contributed by atoms with Crippen molar-refractivity contribution in [3.63, 3.8) is 0 Å². The second kappa shape index (κ2) is 5.26. The zero-order chi connectivity index (χ0) is 10.6. The molecule has 1 aromatic rings. The molecule has 1 aromatic carbocycles. The summed E-state index contributed by atoms with van der Waals surface area (Å²) in [5.41, 5.74) is 4.05. The Morgan fingerprint density at radius 1 is 1.43 bits per heavy atom. The average Bonchev–Trinajstić information content (AvgIpc) is 2.16. The van der Waals surface area contributed by atoms with Crippen LogP contribution in [0.4, 0.5) is 0 Å². The van der Waals surface area contributed by atoms with E-state index < -0.39 is 0 Å². The second-order valence-corrected chi connectivity index (χ2v) is 4.01. The smallest absolute Gasteiger partial charge is 0.0118 e. The largest absolute Gasteiger partial charge is 0.143 e. The quantitative estimate of drug-likeness (QED) is 0.692. The molecule has 0 spiro atoms. The molecule has 1 rings (SSSR count). The van der Waals surface area contributed by atoms with Crippen molar-refractivity contribution in [3.05, 3.63) is 35.4 Å². The number of benzene rings is 1. The van der Waals surface area contributed by atoms with Crippen LogP contribution in [0.2, 0.25) is 0 Å². The molecule has 0 atom stereocenters. The summed E-state index contributed by atoms with van der Waals surface area (Å²) in [5.74, 6) is 0. The van der Waals surface area contributed by atoms with Gasteiger partial charge in [0.1, 0.15) is 0 Å². The molecule has 0 bridgehead atoms. The summed E-state index contributed by atoms with van der Waals surface area (Å²) >= 11 is 4.51. The highest BCUT2D eigenvalue weighted by Gasteiger charge is 2.06. The van der Waals surface area contributed by atoms with E-state index in [-0.39, 0.29) is 0 Å². The van der Waals surface area contributed by atoms with Crippen molar-refractivity contribution < 1.29 is 0 Å². The van der Waals surface area contributed by atoms with Gasteiger partial charge >= 0.3 is 0 Å². The SMILES string of the molecule is C/C=C(/CCC)c1c(C)cccc1S. The fourth-order valence-corrected chi connectivity index (χ4v) is 2.16. The highest BCUT2D eigenvalue weighted by Crippen LogP contribution is 2.28. The van der Waals surface area contributed by atoms with Gasteiger partial charge in [-0.05, 0) is 43.0 Å². The molecule has 0 unspecified atom stereocenters. The molecule has 0 nitrogen and oxygen atoms in total. The summed E-state index contributed by atoms with van der Waals surface area (Å²) in [6.45, 7) is 6.46. The molecule has 0 radical (unpaired) electrons. The maximum absolute atomic E-state index is 4.51. The summed E-state index contributed by atoms with van der Waals surface area (Å²) in [4.78, 5) is 1.09. The van der Waals surface area contributed by atoms with Gasteiger partial charge in [-0.25, -0.2) is 0 Å². The van der Waals surface area contributed by atoms with Gasteiger partial charge in [0.15, 0.2) is 0 Å². The van der Waals surface area contributed by atoms with E-state index in [1.54, 1.807) is 0 Å². The Morgan fingerprint density at radius 2 is 2.14 bits per heavy atom. The van der Waals surface area contributed by atoms with Crippen molar-refractivity contribution in [2.75, 3.05) is 0 Å². The molecule has 0 aliphatic heterocycles. The third-order valence-electron chi connectivity index (χ3n) is 2.44. The van der Waals surface area contributed by atoms with Crippen molar-refractivity contribution in [2.45, 2.75) is 38.5 Å². The molecule has 1 heteroatoms. The Bertz CT molecular complexity index is 317. The van der Waals surface area contributed by atoms with Crippen LogP contribution in [0.15, 0.2) is 29.2 Å². The van der Waals surface area contributed by atoms with Crippen LogP contribution in [-0.2, 0) is 0 Å². The van der Waals surface area contributed by atoms with Crippen molar-refractivity contribution >= 4 is 18.2 Å². The van der Waals surface area contributed by atoms with E-state index in [2.05, 4.69) is 57.7 Å². The first-order valence-electron chi connectivity index (χ1n) is 5.14. The molecule has 0 saturated heterocycles. The molecule has 0 saturated carbocycles. The van der Waals surface area contributed by atoms with Gasteiger partial charge in [-0.3, -0.25) is 0 Å². The van der Waals surface area contributed by atoms with E-state index in [0.29, 0.717) is 0 Å². The van der Waals surface area contributed by atoms with Gasteiger partial charge in [-0.15, -0.1) is 12.6 Å². The number of thiol groups is 1. The molecular weight excluding hydrogens is 188 g/mol. The highest BCUT2D eigenvalue weighted by molar-refractivity contribution is 7.80. The number of hydrogen-bond acceptors (Lipinski definition) is 1. The van der Waals surface area contributed by atoms with E-state index in [1.165, 1.54) is 23.1 Å². The van der Waals surface area contributed by atoms with Crippen LogP contribution in [-0.4, -0.2) is 0 Å². The molecule has 0 heterocycles. The van der Waals surface area contributed by atoms with Crippen molar-refractivity contribution in [3.8, 4) is 0 Å². The Balaban J connectivity index is 3.16. The summed E-state index contributed by atoms with van der Waals surface area (Å²) < 4.78 is 0. The molecule has 0 N–H and O–H groups in total. The average molecular weight is 206 g/mol. The first-order valence-corrected chi connectivity index (χ1v) is 5.59. The van der Waals surface area contributed by atoms with Gasteiger partial charge in [0.25, 0.3) is 0 Å². The number of aryl methyl sites for hydroxylation is 1. The maximum Gasteiger partial charge on any atom is 0.0118 e. The number of rotatable bonds is 3. The summed E-state index contributed by atoms with van der Waals surface area (Å²) in [5, 5.41) is 0. The van der Waals surface area contributed by atoms with E-state index >= 15 is 0 Å². The molecule has 76 valence electrons. The van der Waals surface area contributed by atoms with Crippen LogP contribution in [0.3, 0.4) is 0 Å². The van der Waals surface area contributed by atoms with Gasteiger partial charge < -0.3 is 0 Å². The molecule has 0 fully saturated rings. The van der Waals surface area contributed by atoms with Gasteiger partial charge in [0.05, 0.1) is 0 Å². The number of hydrogen-bond donors (Lipinski definition) is 1. The molecule has 0 aliphatic rings. The molecular formula is C13H18S. The first-order chi connectivity index (χ1) is 6.70. The van der Waals surface area contributed by atoms with Crippen LogP contribution in [0.1, 0.15) is 37.8 Å². The lowest BCUT2D eigenvalue weighted by atomic mass is 9.97. The van der Waals surface area contributed by atoms with Crippen molar-refractivity contribution in [2.24, 2.45) is 0 Å². The van der Waals surface area contributed by atoms with Crippen LogP contribution < -0.4 is 0 Å². The predicted octanol–water partition coefficient (Wildman–Crippen LogP) is 4.49. The number of allylic oxidation sites excluding steroid dienone is 2. The third kappa shape index (κ3) is 2.42. The van der Waals surface area contributed by atoms with E-state index in [4.69, 9.17) is 0 Å². The summed E-state index contributed by atoms with van der Waals surface area (Å²) in [7, 11) is 0. The lowest BCUT2D eigenvalue weighted by molar-refractivity contribution is 0.966. The van der Waals surface area contributed by atoms with E-state index in [0.717, 1.165) is 11.3 Å². The second-order valence-electron chi connectivity index (χ2n) is 3.53. The molecule has 0 aliphatic carbocycles. The Labute approximate surface area is 92.5 Å².